The lowest BCUT2D eigenvalue weighted by atomic mass is 10.1. The molecule has 2 atom stereocenters. The van der Waals surface area contributed by atoms with E-state index in [1.807, 2.05) is 0 Å². The van der Waals surface area contributed by atoms with Gasteiger partial charge in [-0.15, -0.1) is 0 Å². The van der Waals surface area contributed by atoms with Crippen molar-refractivity contribution in [1.82, 2.24) is 5.32 Å². The zero-order valence-electron chi connectivity index (χ0n) is 10.2. The van der Waals surface area contributed by atoms with Gasteiger partial charge in [-0.1, -0.05) is 12.1 Å². The van der Waals surface area contributed by atoms with Crippen molar-refractivity contribution >= 4 is 11.8 Å². The maximum atomic E-state index is 9.95. The second kappa shape index (κ2) is 7.33. The van der Waals surface area contributed by atoms with Crippen LogP contribution in [0.2, 0.25) is 0 Å². The van der Waals surface area contributed by atoms with E-state index < -0.39 is 6.10 Å². The van der Waals surface area contributed by atoms with Crippen LogP contribution in [0.4, 0.5) is 0 Å². The molecule has 0 fully saturated rings. The summed E-state index contributed by atoms with van der Waals surface area (Å²) in [6.45, 7) is 2.63. The Morgan fingerprint density at radius 3 is 2.59 bits per heavy atom. The molecule has 2 N–H and O–H groups in total. The lowest BCUT2D eigenvalue weighted by Crippen LogP contribution is -2.32. The minimum Gasteiger partial charge on any atom is -0.387 e. The molecule has 0 aliphatic carbocycles. The standard InChI is InChI=1S/C13H18N2OS/c1-10(9-17-2)15-8-13(16)12-5-3-11(7-14)4-6-12/h3-6,10,13,15-16H,8-9H2,1-2H3. The molecule has 1 aromatic carbocycles. The second-order valence-corrected chi connectivity index (χ2v) is 4.92. The fourth-order valence-corrected chi connectivity index (χ4v) is 2.14. The minimum absolute atomic E-state index is 0.387. The van der Waals surface area contributed by atoms with E-state index in [9.17, 15) is 5.11 Å². The Hall–Kier alpha value is -1.02. The predicted molar refractivity (Wildman–Crippen MR) is 72.0 cm³/mol. The Bertz CT molecular complexity index is 372. The molecule has 0 amide bonds. The smallest absolute Gasteiger partial charge is 0.0991 e. The minimum atomic E-state index is -0.521. The van der Waals surface area contributed by atoms with Crippen molar-refractivity contribution in [2.24, 2.45) is 0 Å². The summed E-state index contributed by atoms with van der Waals surface area (Å²) in [7, 11) is 0. The van der Waals surface area contributed by atoms with E-state index in [4.69, 9.17) is 5.26 Å². The molecule has 0 aromatic heterocycles. The predicted octanol–water partition coefficient (Wildman–Crippen LogP) is 1.93. The SMILES string of the molecule is CSCC(C)NCC(O)c1ccc(C#N)cc1. The number of nitrogens with one attached hydrogen (secondary N) is 1. The van der Waals surface area contributed by atoms with Crippen LogP contribution >= 0.6 is 11.8 Å². The normalized spacial score (nSPS) is 14.0. The van der Waals surface area contributed by atoms with Gasteiger partial charge >= 0.3 is 0 Å². The number of hydrogen-bond acceptors (Lipinski definition) is 4. The van der Waals surface area contributed by atoms with Gasteiger partial charge in [0.15, 0.2) is 0 Å². The molecule has 3 nitrogen and oxygen atoms in total. The van der Waals surface area contributed by atoms with Gasteiger partial charge in [-0.25, -0.2) is 0 Å². The number of hydrogen-bond donors (Lipinski definition) is 2. The molecule has 0 heterocycles. The first-order chi connectivity index (χ1) is 8.17. The van der Waals surface area contributed by atoms with E-state index in [0.29, 0.717) is 18.2 Å². The molecule has 0 spiro atoms. The first-order valence-corrected chi connectivity index (χ1v) is 6.97. The van der Waals surface area contributed by atoms with Crippen molar-refractivity contribution in [2.45, 2.75) is 19.1 Å². The van der Waals surface area contributed by atoms with Crippen LogP contribution in [0.3, 0.4) is 0 Å². The van der Waals surface area contributed by atoms with Gasteiger partial charge in [0.05, 0.1) is 17.7 Å². The lowest BCUT2D eigenvalue weighted by molar-refractivity contribution is 0.172. The Kier molecular flexibility index (Phi) is 6.06. The van der Waals surface area contributed by atoms with Crippen LogP contribution in [-0.4, -0.2) is 29.7 Å². The Morgan fingerprint density at radius 1 is 1.41 bits per heavy atom. The van der Waals surface area contributed by atoms with Gasteiger partial charge in [0, 0.05) is 18.3 Å². The van der Waals surface area contributed by atoms with Crippen LogP contribution in [0, 0.1) is 11.3 Å². The summed E-state index contributed by atoms with van der Waals surface area (Å²) in [5.41, 5.74) is 1.46. The van der Waals surface area contributed by atoms with E-state index in [2.05, 4.69) is 24.6 Å². The number of thioether (sulfide) groups is 1. The highest BCUT2D eigenvalue weighted by atomic mass is 32.2. The second-order valence-electron chi connectivity index (χ2n) is 4.01. The van der Waals surface area contributed by atoms with Gasteiger partial charge in [0.2, 0.25) is 0 Å². The van der Waals surface area contributed by atoms with Gasteiger partial charge < -0.3 is 10.4 Å². The van der Waals surface area contributed by atoms with E-state index >= 15 is 0 Å². The van der Waals surface area contributed by atoms with Crippen LogP contribution < -0.4 is 5.32 Å². The summed E-state index contributed by atoms with van der Waals surface area (Å²) in [6, 6.07) is 9.49. The third-order valence-electron chi connectivity index (χ3n) is 2.50. The monoisotopic (exact) mass is 250 g/mol. The third kappa shape index (κ3) is 4.78. The van der Waals surface area contributed by atoms with Gasteiger partial charge in [-0.2, -0.15) is 17.0 Å². The summed E-state index contributed by atoms with van der Waals surface area (Å²) in [4.78, 5) is 0. The van der Waals surface area contributed by atoms with Crippen molar-refractivity contribution < 1.29 is 5.11 Å². The summed E-state index contributed by atoms with van der Waals surface area (Å²) in [6.07, 6.45) is 1.54. The Morgan fingerprint density at radius 2 is 2.06 bits per heavy atom. The highest BCUT2D eigenvalue weighted by Crippen LogP contribution is 2.13. The molecule has 0 aliphatic rings. The van der Waals surface area contributed by atoms with Crippen LogP contribution in [-0.2, 0) is 0 Å². The Balaban J connectivity index is 2.46. The van der Waals surface area contributed by atoms with Crippen LogP contribution in [0.1, 0.15) is 24.2 Å². The molecular formula is C13H18N2OS. The van der Waals surface area contributed by atoms with Crippen molar-refractivity contribution in [2.75, 3.05) is 18.6 Å². The van der Waals surface area contributed by atoms with Gasteiger partial charge in [-0.3, -0.25) is 0 Å². The van der Waals surface area contributed by atoms with E-state index in [1.165, 1.54) is 0 Å². The number of rotatable bonds is 6. The van der Waals surface area contributed by atoms with E-state index in [0.717, 1.165) is 11.3 Å². The molecule has 2 unspecified atom stereocenters. The molecule has 0 aliphatic heterocycles. The molecule has 1 aromatic rings. The number of benzene rings is 1. The fourth-order valence-electron chi connectivity index (χ4n) is 1.52. The Labute approximate surface area is 107 Å². The zero-order valence-corrected chi connectivity index (χ0v) is 11.0. The maximum absolute atomic E-state index is 9.95. The molecule has 17 heavy (non-hydrogen) atoms. The van der Waals surface area contributed by atoms with Crippen LogP contribution in [0.5, 0.6) is 0 Å². The van der Waals surface area contributed by atoms with Gasteiger partial charge in [-0.05, 0) is 30.9 Å². The highest BCUT2D eigenvalue weighted by Gasteiger charge is 2.09. The molecule has 0 saturated heterocycles. The largest absolute Gasteiger partial charge is 0.387 e. The van der Waals surface area contributed by atoms with Crippen LogP contribution in [0.15, 0.2) is 24.3 Å². The summed E-state index contributed by atoms with van der Waals surface area (Å²) in [5.74, 6) is 1.03. The van der Waals surface area contributed by atoms with Gasteiger partial charge in [0.1, 0.15) is 0 Å². The van der Waals surface area contributed by atoms with Crippen molar-refractivity contribution in [1.29, 1.82) is 5.26 Å². The summed E-state index contributed by atoms with van der Waals surface area (Å²) >= 11 is 1.78. The topological polar surface area (TPSA) is 56.0 Å². The molecule has 92 valence electrons. The molecule has 1 rings (SSSR count). The van der Waals surface area contributed by atoms with Crippen molar-refractivity contribution in [3.8, 4) is 6.07 Å². The van der Waals surface area contributed by atoms with E-state index in [1.54, 1.807) is 36.0 Å². The average Bonchev–Trinajstić information content (AvgIpc) is 2.36. The average molecular weight is 250 g/mol. The number of nitriles is 1. The highest BCUT2D eigenvalue weighted by molar-refractivity contribution is 7.98. The number of aliphatic hydroxyl groups is 1. The van der Waals surface area contributed by atoms with Crippen LogP contribution in [0.25, 0.3) is 0 Å². The number of aliphatic hydroxyl groups excluding tert-OH is 1. The zero-order chi connectivity index (χ0) is 12.7. The number of nitrogens with zero attached hydrogens (tertiary/aromatic N) is 1. The maximum Gasteiger partial charge on any atom is 0.0991 e. The van der Waals surface area contributed by atoms with Crippen molar-refractivity contribution in [3.05, 3.63) is 35.4 Å². The molecule has 0 radical (unpaired) electrons. The molecule has 0 saturated carbocycles. The lowest BCUT2D eigenvalue weighted by Gasteiger charge is -2.16. The molecular weight excluding hydrogens is 232 g/mol. The first-order valence-electron chi connectivity index (χ1n) is 5.57. The molecule has 4 heteroatoms. The van der Waals surface area contributed by atoms with Crippen molar-refractivity contribution in [3.63, 3.8) is 0 Å². The third-order valence-corrected chi connectivity index (χ3v) is 3.33. The van der Waals surface area contributed by atoms with Gasteiger partial charge in [0.25, 0.3) is 0 Å². The first kappa shape index (κ1) is 14.0. The summed E-state index contributed by atoms with van der Waals surface area (Å²) < 4.78 is 0. The van der Waals surface area contributed by atoms with E-state index in [-0.39, 0.29) is 0 Å². The fraction of sp³-hybridized carbons (Fsp3) is 0.462. The quantitative estimate of drug-likeness (QED) is 0.810. The molecule has 0 bridgehead atoms. The summed E-state index contributed by atoms with van der Waals surface area (Å²) in [5, 5.41) is 21.9.